The number of likely N-dealkylation sites (tertiary alicyclic amines) is 2. The first-order valence-corrected chi connectivity index (χ1v) is 17.6. The second-order valence-corrected chi connectivity index (χ2v) is 14.1. The van der Waals surface area contributed by atoms with Crippen LogP contribution in [0.5, 0.6) is 5.75 Å². The molecule has 4 fully saturated rings. The quantitative estimate of drug-likeness (QED) is 0.349. The summed E-state index contributed by atoms with van der Waals surface area (Å²) in [6, 6.07) is 17.2. The van der Waals surface area contributed by atoms with Crippen LogP contribution in [-0.2, 0) is 25.5 Å². The van der Waals surface area contributed by atoms with E-state index < -0.39 is 29.6 Å². The Morgan fingerprint density at radius 1 is 0.957 bits per heavy atom. The van der Waals surface area contributed by atoms with Crippen LogP contribution in [0.25, 0.3) is 0 Å². The van der Waals surface area contributed by atoms with Crippen LogP contribution >= 0.6 is 0 Å². The number of methoxy groups -OCH3 is 1. The van der Waals surface area contributed by atoms with Crippen molar-refractivity contribution in [3.63, 3.8) is 0 Å². The number of hydrogen-bond donors (Lipinski definition) is 2. The SMILES string of the molecule is COc1cccc(NC(=O)C2C3C=CC4(O3)C2C(=O)N(CCCN2CCC(Cc3ccccc3)CC2)C4C(=O)NC2CCCCC2)c1. The van der Waals surface area contributed by atoms with E-state index in [0.717, 1.165) is 58.2 Å². The first kappa shape index (κ1) is 31.9. The Morgan fingerprint density at radius 2 is 1.74 bits per heavy atom. The fourth-order valence-electron chi connectivity index (χ4n) is 8.79. The van der Waals surface area contributed by atoms with Crippen molar-refractivity contribution in [3.05, 3.63) is 72.3 Å². The number of nitrogens with one attached hydrogen (secondary N) is 2. The summed E-state index contributed by atoms with van der Waals surface area (Å²) in [4.78, 5) is 46.5. The van der Waals surface area contributed by atoms with Gasteiger partial charge in [-0.15, -0.1) is 0 Å². The predicted octanol–water partition coefficient (Wildman–Crippen LogP) is 4.58. The molecule has 5 unspecified atom stereocenters. The van der Waals surface area contributed by atoms with E-state index in [4.69, 9.17) is 9.47 Å². The molecule has 1 aliphatic carbocycles. The Labute approximate surface area is 278 Å². The molecular weight excluding hydrogens is 592 g/mol. The van der Waals surface area contributed by atoms with Gasteiger partial charge in [-0.05, 0) is 81.8 Å². The van der Waals surface area contributed by atoms with Gasteiger partial charge in [0.15, 0.2) is 0 Å². The molecule has 2 N–H and O–H groups in total. The lowest BCUT2D eigenvalue weighted by atomic mass is 9.74. The third kappa shape index (κ3) is 6.44. The summed E-state index contributed by atoms with van der Waals surface area (Å²) in [6.07, 6.45) is 12.7. The Kier molecular flexibility index (Phi) is 9.37. The number of fused-ring (bicyclic) bond motifs is 1. The van der Waals surface area contributed by atoms with Crippen molar-refractivity contribution in [2.75, 3.05) is 38.6 Å². The molecule has 9 heteroatoms. The number of piperidine rings is 1. The number of carbonyl (C=O) groups excluding carboxylic acids is 3. The summed E-state index contributed by atoms with van der Waals surface area (Å²) >= 11 is 0. The maximum Gasteiger partial charge on any atom is 0.246 e. The molecule has 0 radical (unpaired) electrons. The number of benzene rings is 2. The van der Waals surface area contributed by atoms with E-state index in [1.165, 1.54) is 24.8 Å². The highest BCUT2D eigenvalue weighted by atomic mass is 16.5. The number of nitrogens with zero attached hydrogens (tertiary/aromatic N) is 2. The first-order valence-electron chi connectivity index (χ1n) is 17.6. The molecule has 47 heavy (non-hydrogen) atoms. The zero-order valence-corrected chi connectivity index (χ0v) is 27.4. The normalized spacial score (nSPS) is 29.2. The summed E-state index contributed by atoms with van der Waals surface area (Å²) in [5.74, 6) is -0.747. The summed E-state index contributed by atoms with van der Waals surface area (Å²) in [6.45, 7) is 3.42. The van der Waals surface area contributed by atoms with Crippen molar-refractivity contribution in [3.8, 4) is 5.75 Å². The minimum absolute atomic E-state index is 0.107. The van der Waals surface area contributed by atoms with E-state index in [1.807, 2.05) is 24.3 Å². The molecule has 2 bridgehead atoms. The van der Waals surface area contributed by atoms with Crippen LogP contribution in [0, 0.1) is 17.8 Å². The summed E-state index contributed by atoms with van der Waals surface area (Å²) in [5, 5.41) is 6.28. The highest BCUT2D eigenvalue weighted by Crippen LogP contribution is 2.55. The van der Waals surface area contributed by atoms with Gasteiger partial charge in [0.05, 0.1) is 25.0 Å². The summed E-state index contributed by atoms with van der Waals surface area (Å²) < 4.78 is 11.9. The maximum atomic E-state index is 14.4. The van der Waals surface area contributed by atoms with Gasteiger partial charge in [-0.1, -0.05) is 67.8 Å². The van der Waals surface area contributed by atoms with Crippen LogP contribution < -0.4 is 15.4 Å². The van der Waals surface area contributed by atoms with Gasteiger partial charge >= 0.3 is 0 Å². The van der Waals surface area contributed by atoms with E-state index in [-0.39, 0.29) is 23.8 Å². The molecule has 250 valence electrons. The van der Waals surface area contributed by atoms with Gasteiger partial charge in [-0.25, -0.2) is 0 Å². The third-order valence-corrected chi connectivity index (χ3v) is 11.2. The molecule has 2 aromatic carbocycles. The van der Waals surface area contributed by atoms with E-state index in [9.17, 15) is 14.4 Å². The molecule has 1 saturated carbocycles. The Bertz CT molecular complexity index is 1470. The van der Waals surface area contributed by atoms with Gasteiger partial charge in [0.2, 0.25) is 17.7 Å². The lowest BCUT2D eigenvalue weighted by Gasteiger charge is -2.35. The number of ether oxygens (including phenoxy) is 2. The molecule has 4 heterocycles. The topological polar surface area (TPSA) is 100 Å². The second-order valence-electron chi connectivity index (χ2n) is 14.1. The molecule has 3 saturated heterocycles. The van der Waals surface area contributed by atoms with Crippen molar-refractivity contribution in [1.82, 2.24) is 15.1 Å². The van der Waals surface area contributed by atoms with Gasteiger partial charge in [-0.2, -0.15) is 0 Å². The summed E-state index contributed by atoms with van der Waals surface area (Å²) in [7, 11) is 1.58. The number of anilines is 1. The first-order chi connectivity index (χ1) is 22.9. The Balaban J connectivity index is 1.04. The van der Waals surface area contributed by atoms with Crippen LogP contribution in [-0.4, -0.2) is 84.6 Å². The van der Waals surface area contributed by atoms with Gasteiger partial charge in [0.1, 0.15) is 17.4 Å². The predicted molar refractivity (Wildman–Crippen MR) is 180 cm³/mol. The van der Waals surface area contributed by atoms with Gasteiger partial charge in [0.25, 0.3) is 0 Å². The standard InChI is InChI=1S/C38H48N4O5/c1-46-30-15-8-14-29(25-30)40-35(43)32-31-16-19-38(47-31)33(32)37(45)42(34(38)36(44)39-28-12-6-3-7-13-28)21-9-20-41-22-17-27(18-23-41)24-26-10-4-2-5-11-26/h2,4-5,8,10-11,14-16,19,25,27-28,31-34H,3,6-7,9,12-13,17-18,20-24H2,1H3,(H,39,44)(H,40,43). The molecule has 0 aromatic heterocycles. The molecular formula is C38H48N4O5. The van der Waals surface area contributed by atoms with Gasteiger partial charge in [0, 0.05) is 24.3 Å². The zero-order chi connectivity index (χ0) is 32.4. The van der Waals surface area contributed by atoms with E-state index in [0.29, 0.717) is 23.9 Å². The van der Waals surface area contributed by atoms with Crippen LogP contribution in [0.2, 0.25) is 0 Å². The molecule has 3 amide bonds. The molecule has 5 atom stereocenters. The lowest BCUT2D eigenvalue weighted by Crippen LogP contribution is -2.56. The van der Waals surface area contributed by atoms with Crippen molar-refractivity contribution in [2.24, 2.45) is 17.8 Å². The highest BCUT2D eigenvalue weighted by molar-refractivity contribution is 6.02. The molecule has 4 aliphatic heterocycles. The van der Waals surface area contributed by atoms with Crippen LogP contribution in [0.4, 0.5) is 5.69 Å². The van der Waals surface area contributed by atoms with Crippen molar-refractivity contribution < 1.29 is 23.9 Å². The number of amides is 3. The van der Waals surface area contributed by atoms with Crippen LogP contribution in [0.1, 0.15) is 56.9 Å². The fraction of sp³-hybridized carbons (Fsp3) is 0.553. The van der Waals surface area contributed by atoms with E-state index in [2.05, 4.69) is 45.9 Å². The van der Waals surface area contributed by atoms with E-state index in [1.54, 1.807) is 24.1 Å². The molecule has 9 nitrogen and oxygen atoms in total. The average molecular weight is 641 g/mol. The fourth-order valence-corrected chi connectivity index (χ4v) is 8.79. The smallest absolute Gasteiger partial charge is 0.246 e. The average Bonchev–Trinajstić information content (AvgIpc) is 3.74. The van der Waals surface area contributed by atoms with Crippen LogP contribution in [0.15, 0.2) is 66.7 Å². The molecule has 7 rings (SSSR count). The molecule has 1 spiro atoms. The number of carbonyl (C=O) groups is 3. The number of rotatable bonds is 11. The van der Waals surface area contributed by atoms with Gasteiger partial charge in [-0.3, -0.25) is 14.4 Å². The van der Waals surface area contributed by atoms with Gasteiger partial charge < -0.3 is 29.9 Å². The third-order valence-electron chi connectivity index (χ3n) is 11.2. The second kappa shape index (κ2) is 13.8. The van der Waals surface area contributed by atoms with Crippen LogP contribution in [0.3, 0.4) is 0 Å². The van der Waals surface area contributed by atoms with Crippen molar-refractivity contribution >= 4 is 23.4 Å². The Morgan fingerprint density at radius 3 is 2.51 bits per heavy atom. The maximum absolute atomic E-state index is 14.4. The Hall–Kier alpha value is -3.69. The van der Waals surface area contributed by atoms with Crippen molar-refractivity contribution in [1.29, 1.82) is 0 Å². The minimum atomic E-state index is -1.15. The minimum Gasteiger partial charge on any atom is -0.497 e. The van der Waals surface area contributed by atoms with Crippen molar-refractivity contribution in [2.45, 2.75) is 81.6 Å². The monoisotopic (exact) mass is 640 g/mol. The zero-order valence-electron chi connectivity index (χ0n) is 27.4. The molecule has 5 aliphatic rings. The largest absolute Gasteiger partial charge is 0.497 e. The lowest BCUT2D eigenvalue weighted by molar-refractivity contribution is -0.141. The number of hydrogen-bond acceptors (Lipinski definition) is 6. The highest BCUT2D eigenvalue weighted by Gasteiger charge is 2.72. The van der Waals surface area contributed by atoms with E-state index >= 15 is 0 Å². The molecule has 2 aromatic rings. The summed E-state index contributed by atoms with van der Waals surface area (Å²) in [5.41, 5.74) is 0.852.